The van der Waals surface area contributed by atoms with Crippen LogP contribution >= 0.6 is 0 Å². The second kappa shape index (κ2) is 4.07. The van der Waals surface area contributed by atoms with Gasteiger partial charge >= 0.3 is 21.6 Å². The van der Waals surface area contributed by atoms with Gasteiger partial charge in [-0.25, -0.2) is 13.2 Å². The van der Waals surface area contributed by atoms with E-state index in [1.165, 1.54) is 0 Å². The van der Waals surface area contributed by atoms with Crippen molar-refractivity contribution in [2.24, 2.45) is 0 Å². The number of carbonyl (C=O) groups is 2. The van der Waals surface area contributed by atoms with Crippen LogP contribution < -0.4 is 10.6 Å². The minimum absolute atomic E-state index is 0.0447. The third-order valence-electron chi connectivity index (χ3n) is 3.10. The summed E-state index contributed by atoms with van der Waals surface area (Å²) in [5.74, 6) is -0.806. The Bertz CT molecular complexity index is 532. The van der Waals surface area contributed by atoms with E-state index < -0.39 is 39.6 Å². The van der Waals surface area contributed by atoms with E-state index in [1.807, 2.05) is 5.32 Å². The lowest BCUT2D eigenvalue weighted by Gasteiger charge is -2.37. The summed E-state index contributed by atoms with van der Waals surface area (Å²) in [4.78, 5) is 22.6. The number of carbonyl (C=O) groups excluding carboxylic acids is 2. The number of piperidine rings is 1. The van der Waals surface area contributed by atoms with Crippen LogP contribution in [0.5, 0.6) is 0 Å². The molecule has 0 saturated carbocycles. The molecule has 11 heteroatoms. The lowest BCUT2D eigenvalue weighted by atomic mass is 9.90. The molecule has 1 atom stereocenters. The molecular weight excluding hydrogens is 291 g/mol. The molecule has 2 saturated heterocycles. The van der Waals surface area contributed by atoms with Crippen molar-refractivity contribution in [1.82, 2.24) is 14.9 Å². The number of halogens is 3. The third kappa shape index (κ3) is 2.16. The van der Waals surface area contributed by atoms with Gasteiger partial charge < -0.3 is 5.32 Å². The highest BCUT2D eigenvalue weighted by molar-refractivity contribution is 7.90. The number of sulfonamides is 1. The highest BCUT2D eigenvalue weighted by Gasteiger charge is 2.56. The van der Waals surface area contributed by atoms with Gasteiger partial charge in [-0.05, 0) is 12.8 Å². The maximum Gasteiger partial charge on any atom is 0.511 e. The first kappa shape index (κ1) is 14.1. The molecule has 108 valence electrons. The molecule has 2 fully saturated rings. The van der Waals surface area contributed by atoms with Gasteiger partial charge in [0.1, 0.15) is 5.54 Å². The molecule has 2 rings (SSSR count). The maximum atomic E-state index is 12.4. The number of rotatable bonds is 1. The van der Waals surface area contributed by atoms with E-state index in [9.17, 15) is 31.2 Å². The lowest BCUT2D eigenvalue weighted by molar-refractivity contribution is -0.125. The van der Waals surface area contributed by atoms with Crippen LogP contribution in [0.1, 0.15) is 12.8 Å². The van der Waals surface area contributed by atoms with Crippen LogP contribution in [0.3, 0.4) is 0 Å². The van der Waals surface area contributed by atoms with Crippen LogP contribution in [0.15, 0.2) is 0 Å². The summed E-state index contributed by atoms with van der Waals surface area (Å²) in [5.41, 5.74) is -7.03. The van der Waals surface area contributed by atoms with Gasteiger partial charge in [0.25, 0.3) is 5.91 Å². The van der Waals surface area contributed by atoms with Gasteiger partial charge in [-0.3, -0.25) is 10.1 Å². The average molecular weight is 301 g/mol. The topological polar surface area (TPSA) is 95.6 Å². The van der Waals surface area contributed by atoms with E-state index in [0.29, 0.717) is 0 Å². The van der Waals surface area contributed by atoms with Gasteiger partial charge in [0.05, 0.1) is 0 Å². The van der Waals surface area contributed by atoms with Crippen LogP contribution in [0.25, 0.3) is 0 Å². The highest BCUT2D eigenvalue weighted by Crippen LogP contribution is 2.32. The van der Waals surface area contributed by atoms with Crippen LogP contribution in [0, 0.1) is 0 Å². The second-order valence-corrected chi connectivity index (χ2v) is 6.31. The number of hydrogen-bond acceptors (Lipinski definition) is 4. The smallest absolute Gasteiger partial charge is 0.322 e. The first-order valence-corrected chi connectivity index (χ1v) is 6.72. The predicted molar refractivity (Wildman–Crippen MR) is 55.2 cm³/mol. The fourth-order valence-electron chi connectivity index (χ4n) is 2.18. The lowest BCUT2D eigenvalue weighted by Crippen LogP contribution is -2.60. The SMILES string of the molecule is O=C1NC(=O)C2(CCCN(S(=O)(=O)C(F)(F)F)C2)N1. The molecule has 2 N–H and O–H groups in total. The van der Waals surface area contributed by atoms with E-state index in [1.54, 1.807) is 0 Å². The van der Waals surface area contributed by atoms with Crippen molar-refractivity contribution in [3.05, 3.63) is 0 Å². The first-order chi connectivity index (χ1) is 8.58. The van der Waals surface area contributed by atoms with Crippen LogP contribution in [0.4, 0.5) is 18.0 Å². The molecule has 0 aromatic rings. The molecule has 0 aromatic carbocycles. The Hall–Kier alpha value is -1.36. The first-order valence-electron chi connectivity index (χ1n) is 5.28. The summed E-state index contributed by atoms with van der Waals surface area (Å²) in [7, 11) is -5.50. The number of imide groups is 1. The Morgan fingerprint density at radius 2 is 1.89 bits per heavy atom. The molecule has 7 nitrogen and oxygen atoms in total. The van der Waals surface area contributed by atoms with E-state index in [4.69, 9.17) is 0 Å². The molecule has 1 spiro atoms. The molecule has 1 unspecified atom stereocenters. The number of amides is 3. The van der Waals surface area contributed by atoms with Gasteiger partial charge in [0.2, 0.25) is 0 Å². The summed E-state index contributed by atoms with van der Waals surface area (Å²) in [6, 6.07) is -0.837. The molecule has 0 radical (unpaired) electrons. The van der Waals surface area contributed by atoms with E-state index in [0.717, 1.165) is 0 Å². The Labute approximate surface area is 106 Å². The van der Waals surface area contributed by atoms with E-state index >= 15 is 0 Å². The largest absolute Gasteiger partial charge is 0.511 e. The van der Waals surface area contributed by atoms with Crippen molar-refractivity contribution in [1.29, 1.82) is 0 Å². The summed E-state index contributed by atoms with van der Waals surface area (Å²) in [6.07, 6.45) is 0.136. The van der Waals surface area contributed by atoms with Gasteiger partial charge in [0, 0.05) is 13.1 Å². The Morgan fingerprint density at radius 3 is 2.37 bits per heavy atom. The zero-order chi connectivity index (χ0) is 14.5. The van der Waals surface area contributed by atoms with Crippen LogP contribution in [-0.2, 0) is 14.8 Å². The molecular formula is C8H10F3N3O4S. The van der Waals surface area contributed by atoms with Crippen LogP contribution in [0.2, 0.25) is 0 Å². The standard InChI is InChI=1S/C8H10F3N3O4S/c9-8(10,11)19(17,18)14-3-1-2-7(4-14)5(15)12-6(16)13-7/h1-4H2,(H2,12,13,15,16). The van der Waals surface area contributed by atoms with Crippen molar-refractivity contribution in [3.8, 4) is 0 Å². The highest BCUT2D eigenvalue weighted by atomic mass is 32.2. The number of urea groups is 1. The molecule has 3 amide bonds. The summed E-state index contributed by atoms with van der Waals surface area (Å²) < 4.78 is 60.1. The molecule has 0 bridgehead atoms. The maximum absolute atomic E-state index is 12.4. The van der Waals surface area contributed by atoms with Crippen molar-refractivity contribution in [3.63, 3.8) is 0 Å². The zero-order valence-corrected chi connectivity index (χ0v) is 10.3. The fourth-order valence-corrected chi connectivity index (χ4v) is 3.24. The van der Waals surface area contributed by atoms with Crippen molar-refractivity contribution < 1.29 is 31.2 Å². The van der Waals surface area contributed by atoms with Gasteiger partial charge in [-0.15, -0.1) is 0 Å². The number of nitrogens with one attached hydrogen (secondary N) is 2. The number of alkyl halides is 3. The number of hydrogen-bond donors (Lipinski definition) is 2. The second-order valence-electron chi connectivity index (χ2n) is 4.38. The number of nitrogens with zero attached hydrogens (tertiary/aromatic N) is 1. The Balaban J connectivity index is 2.28. The van der Waals surface area contributed by atoms with Crippen molar-refractivity contribution in [2.45, 2.75) is 23.9 Å². The van der Waals surface area contributed by atoms with Gasteiger partial charge in [-0.2, -0.15) is 17.5 Å². The molecule has 19 heavy (non-hydrogen) atoms. The van der Waals surface area contributed by atoms with Crippen molar-refractivity contribution >= 4 is 22.0 Å². The zero-order valence-electron chi connectivity index (χ0n) is 9.45. The van der Waals surface area contributed by atoms with Gasteiger partial charge in [0.15, 0.2) is 0 Å². The molecule has 2 aliphatic heterocycles. The normalized spacial score (nSPS) is 29.4. The summed E-state index contributed by atoms with van der Waals surface area (Å²) >= 11 is 0. The molecule has 0 aliphatic carbocycles. The predicted octanol–water partition coefficient (Wildman–Crippen LogP) is -0.490. The monoisotopic (exact) mass is 301 g/mol. The molecule has 2 aliphatic rings. The van der Waals surface area contributed by atoms with E-state index in [2.05, 4.69) is 5.32 Å². The van der Waals surface area contributed by atoms with Gasteiger partial charge in [-0.1, -0.05) is 0 Å². The summed E-state index contributed by atoms with van der Waals surface area (Å²) in [6.45, 7) is -1.06. The fraction of sp³-hybridized carbons (Fsp3) is 0.750. The quantitative estimate of drug-likeness (QED) is 0.639. The average Bonchev–Trinajstić information content (AvgIpc) is 2.52. The Kier molecular flexibility index (Phi) is 3.01. The summed E-state index contributed by atoms with van der Waals surface area (Å²) in [5, 5.41) is 4.10. The molecule has 0 aromatic heterocycles. The minimum atomic E-state index is -5.50. The third-order valence-corrected chi connectivity index (χ3v) is 4.68. The van der Waals surface area contributed by atoms with E-state index in [-0.39, 0.29) is 23.7 Å². The Morgan fingerprint density at radius 1 is 1.26 bits per heavy atom. The molecule has 2 heterocycles. The minimum Gasteiger partial charge on any atom is -0.322 e. The van der Waals surface area contributed by atoms with Crippen molar-refractivity contribution in [2.75, 3.05) is 13.1 Å². The van der Waals surface area contributed by atoms with Crippen LogP contribution in [-0.4, -0.2) is 48.8 Å².